The van der Waals surface area contributed by atoms with Gasteiger partial charge in [0, 0.05) is 12.6 Å². The molecule has 2 atom stereocenters. The van der Waals surface area contributed by atoms with Gasteiger partial charge in [-0.1, -0.05) is 6.42 Å². The molecule has 0 aromatic rings. The van der Waals surface area contributed by atoms with Gasteiger partial charge in [0.2, 0.25) is 0 Å². The van der Waals surface area contributed by atoms with Crippen molar-refractivity contribution in [2.24, 2.45) is 5.41 Å². The van der Waals surface area contributed by atoms with Crippen LogP contribution in [0, 0.1) is 5.41 Å². The van der Waals surface area contributed by atoms with Gasteiger partial charge in [-0.3, -0.25) is 9.69 Å². The van der Waals surface area contributed by atoms with Gasteiger partial charge < -0.3 is 10.2 Å². The number of carbonyl (C=O) groups is 1. The molecule has 2 saturated heterocycles. The predicted octanol–water partition coefficient (Wildman–Crippen LogP) is 1.09. The minimum Gasteiger partial charge on any atom is -0.481 e. The molecule has 2 N–H and O–H groups in total. The van der Waals surface area contributed by atoms with Crippen LogP contribution in [-0.4, -0.2) is 45.8 Å². The molecule has 0 bridgehead atoms. The third-order valence-corrected chi connectivity index (χ3v) is 4.56. The first kappa shape index (κ1) is 11.9. The molecule has 2 aliphatic rings. The van der Waals surface area contributed by atoms with E-state index in [9.17, 15) is 15.0 Å². The topological polar surface area (TPSA) is 60.8 Å². The third-order valence-electron chi connectivity index (χ3n) is 4.56. The Morgan fingerprint density at radius 2 is 2.06 bits per heavy atom. The van der Waals surface area contributed by atoms with E-state index in [0.717, 1.165) is 25.9 Å². The number of nitrogens with zero attached hydrogens (tertiary/aromatic N) is 1. The van der Waals surface area contributed by atoms with Gasteiger partial charge in [0.05, 0.1) is 11.0 Å². The summed E-state index contributed by atoms with van der Waals surface area (Å²) in [6, 6.07) is 0.0346. The van der Waals surface area contributed by atoms with Crippen LogP contribution in [0.2, 0.25) is 0 Å². The number of aliphatic hydroxyl groups is 1. The molecule has 0 aromatic carbocycles. The Morgan fingerprint density at radius 1 is 1.38 bits per heavy atom. The van der Waals surface area contributed by atoms with Gasteiger partial charge in [-0.05, 0) is 39.7 Å². The van der Waals surface area contributed by atoms with E-state index in [1.807, 2.05) is 0 Å². The number of hydrogen-bond donors (Lipinski definition) is 2. The molecule has 0 aromatic heterocycles. The van der Waals surface area contributed by atoms with Gasteiger partial charge >= 0.3 is 5.97 Å². The number of fused-ring (bicyclic) bond motifs is 1. The molecule has 16 heavy (non-hydrogen) atoms. The van der Waals surface area contributed by atoms with E-state index in [2.05, 4.69) is 4.90 Å². The maximum Gasteiger partial charge on any atom is 0.312 e. The van der Waals surface area contributed by atoms with Crippen LogP contribution in [-0.2, 0) is 4.79 Å². The van der Waals surface area contributed by atoms with Crippen molar-refractivity contribution in [1.29, 1.82) is 0 Å². The number of carboxylic acid groups (broad SMARTS) is 1. The normalized spacial score (nSPS) is 36.1. The maximum absolute atomic E-state index is 11.3. The lowest BCUT2D eigenvalue weighted by Crippen LogP contribution is -2.58. The number of hydrogen-bond acceptors (Lipinski definition) is 3. The molecular weight excluding hydrogens is 206 g/mol. The van der Waals surface area contributed by atoms with E-state index in [1.165, 1.54) is 6.42 Å². The quantitative estimate of drug-likeness (QED) is 0.741. The zero-order valence-electron chi connectivity index (χ0n) is 10.1. The molecule has 0 radical (unpaired) electrons. The zero-order chi connectivity index (χ0) is 12.0. The number of piperidine rings is 1. The van der Waals surface area contributed by atoms with Gasteiger partial charge in [0.25, 0.3) is 0 Å². The van der Waals surface area contributed by atoms with Crippen LogP contribution < -0.4 is 0 Å². The first-order valence-electron chi connectivity index (χ1n) is 6.09. The Morgan fingerprint density at radius 3 is 2.69 bits per heavy atom. The fourth-order valence-electron chi connectivity index (χ4n) is 3.19. The fourth-order valence-corrected chi connectivity index (χ4v) is 3.19. The van der Waals surface area contributed by atoms with Gasteiger partial charge in [-0.25, -0.2) is 0 Å². The summed E-state index contributed by atoms with van der Waals surface area (Å²) in [5.41, 5.74) is -2.14. The Kier molecular flexibility index (Phi) is 2.75. The van der Waals surface area contributed by atoms with Crippen molar-refractivity contribution in [1.82, 2.24) is 4.90 Å². The van der Waals surface area contributed by atoms with Crippen LogP contribution in [0.15, 0.2) is 0 Å². The van der Waals surface area contributed by atoms with Crippen LogP contribution in [0.3, 0.4) is 0 Å². The molecular formula is C12H21NO3. The lowest BCUT2D eigenvalue weighted by atomic mass is 9.69. The largest absolute Gasteiger partial charge is 0.481 e. The second-order valence-electron chi connectivity index (χ2n) is 5.65. The Bertz CT molecular complexity index is 303. The van der Waals surface area contributed by atoms with E-state index in [-0.39, 0.29) is 6.04 Å². The van der Waals surface area contributed by atoms with Crippen molar-refractivity contribution in [3.8, 4) is 0 Å². The van der Waals surface area contributed by atoms with Crippen LogP contribution in [0.4, 0.5) is 0 Å². The number of carboxylic acids is 1. The predicted molar refractivity (Wildman–Crippen MR) is 60.2 cm³/mol. The molecule has 92 valence electrons. The smallest absolute Gasteiger partial charge is 0.312 e. The van der Waals surface area contributed by atoms with Crippen molar-refractivity contribution >= 4 is 5.97 Å². The SMILES string of the molecule is CC(C)(C(=O)O)C1(O)CCN2CCCCC21. The first-order valence-corrected chi connectivity index (χ1v) is 6.09. The van der Waals surface area contributed by atoms with Crippen molar-refractivity contribution in [3.63, 3.8) is 0 Å². The fraction of sp³-hybridized carbons (Fsp3) is 0.917. The lowest BCUT2D eigenvalue weighted by molar-refractivity contribution is -0.169. The summed E-state index contributed by atoms with van der Waals surface area (Å²) in [6.45, 7) is 5.13. The summed E-state index contributed by atoms with van der Waals surface area (Å²) in [4.78, 5) is 13.6. The highest BCUT2D eigenvalue weighted by atomic mass is 16.4. The van der Waals surface area contributed by atoms with Crippen molar-refractivity contribution in [2.45, 2.75) is 51.2 Å². The second kappa shape index (κ2) is 3.70. The number of aliphatic carboxylic acids is 1. The number of rotatable bonds is 2. The lowest BCUT2D eigenvalue weighted by Gasteiger charge is -2.44. The van der Waals surface area contributed by atoms with Crippen LogP contribution in [0.5, 0.6) is 0 Å². The molecule has 0 aliphatic carbocycles. The molecule has 2 unspecified atom stereocenters. The first-order chi connectivity index (χ1) is 7.39. The molecule has 0 saturated carbocycles. The van der Waals surface area contributed by atoms with E-state index in [0.29, 0.717) is 6.42 Å². The Balaban J connectivity index is 2.28. The van der Waals surface area contributed by atoms with Gasteiger partial charge in [-0.2, -0.15) is 0 Å². The molecule has 2 aliphatic heterocycles. The highest BCUT2D eigenvalue weighted by Crippen LogP contribution is 2.46. The summed E-state index contributed by atoms with van der Waals surface area (Å²) in [7, 11) is 0. The summed E-state index contributed by atoms with van der Waals surface area (Å²) >= 11 is 0. The molecule has 2 rings (SSSR count). The van der Waals surface area contributed by atoms with Crippen molar-refractivity contribution < 1.29 is 15.0 Å². The maximum atomic E-state index is 11.3. The van der Waals surface area contributed by atoms with Gasteiger partial charge in [0.1, 0.15) is 0 Å². The molecule has 4 heteroatoms. The third kappa shape index (κ3) is 1.47. The minimum atomic E-state index is -1.07. The summed E-state index contributed by atoms with van der Waals surface area (Å²) < 4.78 is 0. The minimum absolute atomic E-state index is 0.0346. The highest BCUT2D eigenvalue weighted by molar-refractivity contribution is 5.75. The standard InChI is InChI=1S/C12H21NO3/c1-11(2,10(14)15)12(16)6-8-13-7-4-3-5-9(12)13/h9,16H,3-8H2,1-2H3,(H,14,15). The zero-order valence-corrected chi connectivity index (χ0v) is 10.1. The van der Waals surface area contributed by atoms with E-state index >= 15 is 0 Å². The van der Waals surface area contributed by atoms with Crippen LogP contribution >= 0.6 is 0 Å². The van der Waals surface area contributed by atoms with Gasteiger partial charge in [-0.15, -0.1) is 0 Å². The van der Waals surface area contributed by atoms with E-state index in [4.69, 9.17) is 0 Å². The van der Waals surface area contributed by atoms with Crippen LogP contribution in [0.1, 0.15) is 39.5 Å². The summed E-state index contributed by atoms with van der Waals surface area (Å²) in [5.74, 6) is -0.901. The van der Waals surface area contributed by atoms with Crippen LogP contribution in [0.25, 0.3) is 0 Å². The summed E-state index contributed by atoms with van der Waals surface area (Å²) in [6.07, 6.45) is 3.77. The average molecular weight is 227 g/mol. The van der Waals surface area contributed by atoms with Gasteiger partial charge in [0.15, 0.2) is 0 Å². The Labute approximate surface area is 96.3 Å². The molecule has 0 spiro atoms. The molecule has 4 nitrogen and oxygen atoms in total. The average Bonchev–Trinajstić information content (AvgIpc) is 2.59. The van der Waals surface area contributed by atoms with E-state index < -0.39 is 17.0 Å². The van der Waals surface area contributed by atoms with Crippen molar-refractivity contribution in [2.75, 3.05) is 13.1 Å². The second-order valence-corrected chi connectivity index (χ2v) is 5.65. The van der Waals surface area contributed by atoms with Crippen molar-refractivity contribution in [3.05, 3.63) is 0 Å². The van der Waals surface area contributed by atoms with E-state index in [1.54, 1.807) is 13.8 Å². The Hall–Kier alpha value is -0.610. The monoisotopic (exact) mass is 227 g/mol. The highest BCUT2D eigenvalue weighted by Gasteiger charge is 2.58. The molecule has 2 heterocycles. The molecule has 2 fully saturated rings. The summed E-state index contributed by atoms with van der Waals surface area (Å²) in [5, 5.41) is 20.0. The molecule has 0 amide bonds.